The van der Waals surface area contributed by atoms with E-state index in [9.17, 15) is 0 Å². The summed E-state index contributed by atoms with van der Waals surface area (Å²) in [5.74, 6) is 5.67. The Hall–Kier alpha value is -0.900. The maximum Gasteiger partial charge on any atom is 0.0474 e. The highest BCUT2D eigenvalue weighted by Gasteiger charge is 2.12. The fraction of sp³-hybridized carbons (Fsp3) is 0.571. The normalized spacial score (nSPS) is 13.0. The summed E-state index contributed by atoms with van der Waals surface area (Å²) in [6.07, 6.45) is 1.04. The van der Waals surface area contributed by atoms with Crippen LogP contribution in [0.3, 0.4) is 0 Å². The van der Waals surface area contributed by atoms with Crippen molar-refractivity contribution in [1.29, 1.82) is 0 Å². The fourth-order valence-corrected chi connectivity index (χ4v) is 2.16. The fourth-order valence-electron chi connectivity index (χ4n) is 2.16. The average molecular weight is 235 g/mol. The summed E-state index contributed by atoms with van der Waals surface area (Å²) >= 11 is 0. The zero-order valence-electron chi connectivity index (χ0n) is 11.2. The largest absolute Gasteiger partial charge is 0.304 e. The molecule has 0 spiro atoms. The molecule has 1 unspecified atom stereocenters. The van der Waals surface area contributed by atoms with E-state index in [2.05, 4.69) is 55.4 Å². The third kappa shape index (κ3) is 4.11. The van der Waals surface area contributed by atoms with Gasteiger partial charge >= 0.3 is 0 Å². The van der Waals surface area contributed by atoms with Gasteiger partial charge in [-0.1, -0.05) is 38.1 Å². The first-order chi connectivity index (χ1) is 8.22. The molecule has 0 amide bonds. The SMILES string of the molecule is CCN(CC)CCC(NN)c1ccccc1C. The number of nitrogens with two attached hydrogens (primary N) is 1. The van der Waals surface area contributed by atoms with Gasteiger partial charge in [0.1, 0.15) is 0 Å². The lowest BCUT2D eigenvalue weighted by molar-refractivity contribution is 0.282. The molecule has 1 rings (SSSR count). The van der Waals surface area contributed by atoms with Crippen molar-refractivity contribution in [3.63, 3.8) is 0 Å². The van der Waals surface area contributed by atoms with E-state index in [0.717, 1.165) is 26.1 Å². The van der Waals surface area contributed by atoms with Crippen molar-refractivity contribution >= 4 is 0 Å². The van der Waals surface area contributed by atoms with Crippen molar-refractivity contribution in [1.82, 2.24) is 10.3 Å². The average Bonchev–Trinajstić information content (AvgIpc) is 2.36. The van der Waals surface area contributed by atoms with Gasteiger partial charge in [0.15, 0.2) is 0 Å². The highest BCUT2D eigenvalue weighted by atomic mass is 15.2. The zero-order valence-corrected chi connectivity index (χ0v) is 11.2. The minimum absolute atomic E-state index is 0.247. The van der Waals surface area contributed by atoms with Crippen molar-refractivity contribution in [3.05, 3.63) is 35.4 Å². The van der Waals surface area contributed by atoms with Gasteiger partial charge in [0.25, 0.3) is 0 Å². The van der Waals surface area contributed by atoms with Crippen LogP contribution in [0.15, 0.2) is 24.3 Å². The molecule has 3 heteroatoms. The van der Waals surface area contributed by atoms with Crippen LogP contribution in [0.2, 0.25) is 0 Å². The van der Waals surface area contributed by atoms with Crippen LogP contribution in [-0.2, 0) is 0 Å². The second kappa shape index (κ2) is 7.43. The predicted molar refractivity (Wildman–Crippen MR) is 73.6 cm³/mol. The zero-order chi connectivity index (χ0) is 12.7. The first-order valence-corrected chi connectivity index (χ1v) is 6.46. The van der Waals surface area contributed by atoms with Gasteiger partial charge in [-0.25, -0.2) is 0 Å². The second-order valence-electron chi connectivity index (χ2n) is 4.39. The van der Waals surface area contributed by atoms with Gasteiger partial charge in [0.05, 0.1) is 0 Å². The van der Waals surface area contributed by atoms with Crippen LogP contribution in [0.5, 0.6) is 0 Å². The van der Waals surface area contributed by atoms with E-state index in [1.54, 1.807) is 0 Å². The number of rotatable bonds is 7. The highest BCUT2D eigenvalue weighted by molar-refractivity contribution is 5.28. The molecule has 3 N–H and O–H groups in total. The lowest BCUT2D eigenvalue weighted by Gasteiger charge is -2.23. The van der Waals surface area contributed by atoms with Gasteiger partial charge in [0.2, 0.25) is 0 Å². The molecule has 0 aromatic heterocycles. The van der Waals surface area contributed by atoms with E-state index in [4.69, 9.17) is 5.84 Å². The number of hydrogen-bond acceptors (Lipinski definition) is 3. The number of nitrogens with one attached hydrogen (secondary N) is 1. The van der Waals surface area contributed by atoms with E-state index >= 15 is 0 Å². The molecule has 3 nitrogen and oxygen atoms in total. The Morgan fingerprint density at radius 2 is 1.88 bits per heavy atom. The first-order valence-electron chi connectivity index (χ1n) is 6.46. The molecule has 0 bridgehead atoms. The molecule has 0 aliphatic heterocycles. The number of nitrogens with zero attached hydrogens (tertiary/aromatic N) is 1. The lowest BCUT2D eigenvalue weighted by Crippen LogP contribution is -2.33. The number of aryl methyl sites for hydroxylation is 1. The maximum atomic E-state index is 5.67. The Labute approximate surface area is 105 Å². The third-order valence-electron chi connectivity index (χ3n) is 3.39. The quantitative estimate of drug-likeness (QED) is 0.562. The molecular weight excluding hydrogens is 210 g/mol. The molecular formula is C14H25N3. The summed E-state index contributed by atoms with van der Waals surface area (Å²) in [6, 6.07) is 8.68. The smallest absolute Gasteiger partial charge is 0.0474 e. The Morgan fingerprint density at radius 3 is 2.41 bits per heavy atom. The number of hydrogen-bond donors (Lipinski definition) is 2. The Bertz CT molecular complexity index is 321. The van der Waals surface area contributed by atoms with Gasteiger partial charge in [0, 0.05) is 6.04 Å². The molecule has 1 aromatic carbocycles. The van der Waals surface area contributed by atoms with Crippen LogP contribution in [0.25, 0.3) is 0 Å². The molecule has 17 heavy (non-hydrogen) atoms. The van der Waals surface area contributed by atoms with Crippen LogP contribution >= 0.6 is 0 Å². The minimum Gasteiger partial charge on any atom is -0.304 e. The standard InChI is InChI=1S/C14H25N3/c1-4-17(5-2)11-10-14(16-15)13-9-7-6-8-12(13)3/h6-9,14,16H,4-5,10-11,15H2,1-3H3. The van der Waals surface area contributed by atoms with Crippen LogP contribution in [0.4, 0.5) is 0 Å². The molecule has 0 heterocycles. The Balaban J connectivity index is 2.63. The lowest BCUT2D eigenvalue weighted by atomic mass is 9.99. The monoisotopic (exact) mass is 235 g/mol. The second-order valence-corrected chi connectivity index (χ2v) is 4.39. The molecule has 0 saturated heterocycles. The summed E-state index contributed by atoms with van der Waals surface area (Å²) in [5.41, 5.74) is 5.54. The third-order valence-corrected chi connectivity index (χ3v) is 3.39. The van der Waals surface area contributed by atoms with Gasteiger partial charge in [-0.3, -0.25) is 11.3 Å². The van der Waals surface area contributed by atoms with Crippen LogP contribution in [0.1, 0.15) is 37.4 Å². The number of hydrazine groups is 1. The van der Waals surface area contributed by atoms with Gasteiger partial charge < -0.3 is 4.90 Å². The van der Waals surface area contributed by atoms with Crippen molar-refractivity contribution in [2.75, 3.05) is 19.6 Å². The molecule has 0 aliphatic carbocycles. The van der Waals surface area contributed by atoms with Crippen molar-refractivity contribution in [2.24, 2.45) is 5.84 Å². The summed E-state index contributed by atoms with van der Waals surface area (Å²) in [7, 11) is 0. The predicted octanol–water partition coefficient (Wildman–Crippen LogP) is 2.23. The molecule has 0 radical (unpaired) electrons. The van der Waals surface area contributed by atoms with E-state index < -0.39 is 0 Å². The van der Waals surface area contributed by atoms with Gasteiger partial charge in [-0.15, -0.1) is 0 Å². The molecule has 96 valence electrons. The van der Waals surface area contributed by atoms with Crippen LogP contribution < -0.4 is 11.3 Å². The van der Waals surface area contributed by atoms with Gasteiger partial charge in [-0.2, -0.15) is 0 Å². The molecule has 1 aromatic rings. The van der Waals surface area contributed by atoms with Gasteiger partial charge in [-0.05, 0) is 44.1 Å². The summed E-state index contributed by atoms with van der Waals surface area (Å²) < 4.78 is 0. The summed E-state index contributed by atoms with van der Waals surface area (Å²) in [6.45, 7) is 9.81. The van der Waals surface area contributed by atoms with E-state index in [1.165, 1.54) is 11.1 Å². The van der Waals surface area contributed by atoms with Crippen molar-refractivity contribution in [3.8, 4) is 0 Å². The van der Waals surface area contributed by atoms with E-state index in [1.807, 2.05) is 0 Å². The van der Waals surface area contributed by atoms with Crippen molar-refractivity contribution in [2.45, 2.75) is 33.2 Å². The minimum atomic E-state index is 0.247. The molecule has 0 aliphatic rings. The summed E-state index contributed by atoms with van der Waals surface area (Å²) in [5, 5.41) is 0. The number of benzene rings is 1. The Morgan fingerprint density at radius 1 is 1.24 bits per heavy atom. The van der Waals surface area contributed by atoms with Crippen LogP contribution in [0, 0.1) is 6.92 Å². The Kier molecular flexibility index (Phi) is 6.19. The molecule has 0 fully saturated rings. The highest BCUT2D eigenvalue weighted by Crippen LogP contribution is 2.19. The summed E-state index contributed by atoms with van der Waals surface area (Å²) in [4.78, 5) is 2.42. The van der Waals surface area contributed by atoms with Crippen LogP contribution in [-0.4, -0.2) is 24.5 Å². The van der Waals surface area contributed by atoms with E-state index in [-0.39, 0.29) is 6.04 Å². The maximum absolute atomic E-state index is 5.67. The first kappa shape index (κ1) is 14.2. The topological polar surface area (TPSA) is 41.3 Å². The molecule has 0 saturated carbocycles. The van der Waals surface area contributed by atoms with Crippen molar-refractivity contribution < 1.29 is 0 Å². The van der Waals surface area contributed by atoms with E-state index in [0.29, 0.717) is 0 Å². The molecule has 1 atom stereocenters.